The SMILES string of the molecule is O=c1cc([C@@H]2CCCN(Cc3cccnc3)C2)nc(-c2cccnc2)[nH]1. The highest BCUT2D eigenvalue weighted by Gasteiger charge is 2.23. The average molecular weight is 347 g/mol. The number of piperidine rings is 1. The Hall–Kier alpha value is -2.86. The Bertz CT molecular complexity index is 910. The number of H-pyrrole nitrogens is 1. The van der Waals surface area contributed by atoms with Crippen LogP contribution in [-0.2, 0) is 6.54 Å². The quantitative estimate of drug-likeness (QED) is 0.785. The molecule has 0 bridgehead atoms. The van der Waals surface area contributed by atoms with Crippen molar-refractivity contribution >= 4 is 0 Å². The van der Waals surface area contributed by atoms with Crippen molar-refractivity contribution in [1.29, 1.82) is 0 Å². The summed E-state index contributed by atoms with van der Waals surface area (Å²) in [6.07, 6.45) is 9.28. The topological polar surface area (TPSA) is 74.8 Å². The molecule has 1 atom stereocenters. The third kappa shape index (κ3) is 3.86. The van der Waals surface area contributed by atoms with E-state index in [4.69, 9.17) is 4.98 Å². The normalized spacial score (nSPS) is 17.9. The predicted molar refractivity (Wildman–Crippen MR) is 99.6 cm³/mol. The van der Waals surface area contributed by atoms with Crippen molar-refractivity contribution in [2.75, 3.05) is 13.1 Å². The maximum absolute atomic E-state index is 12.2. The lowest BCUT2D eigenvalue weighted by molar-refractivity contribution is 0.198. The van der Waals surface area contributed by atoms with Crippen LogP contribution in [0.3, 0.4) is 0 Å². The summed E-state index contributed by atoms with van der Waals surface area (Å²) in [5.74, 6) is 0.850. The number of nitrogens with zero attached hydrogens (tertiary/aromatic N) is 4. The first-order chi connectivity index (χ1) is 12.8. The van der Waals surface area contributed by atoms with Crippen molar-refractivity contribution in [2.24, 2.45) is 0 Å². The monoisotopic (exact) mass is 347 g/mol. The minimum absolute atomic E-state index is 0.113. The van der Waals surface area contributed by atoms with Crippen LogP contribution < -0.4 is 5.56 Å². The molecule has 1 aliphatic heterocycles. The fourth-order valence-electron chi connectivity index (χ4n) is 3.52. The van der Waals surface area contributed by atoms with Gasteiger partial charge in [0.2, 0.25) is 0 Å². The van der Waals surface area contributed by atoms with Gasteiger partial charge >= 0.3 is 0 Å². The van der Waals surface area contributed by atoms with Crippen molar-refractivity contribution in [1.82, 2.24) is 24.8 Å². The molecule has 0 aliphatic carbocycles. The fourth-order valence-corrected chi connectivity index (χ4v) is 3.52. The second-order valence-electron chi connectivity index (χ2n) is 6.70. The van der Waals surface area contributed by atoms with Crippen molar-refractivity contribution in [3.05, 3.63) is 76.7 Å². The molecule has 0 spiro atoms. The van der Waals surface area contributed by atoms with Gasteiger partial charge in [-0.2, -0.15) is 0 Å². The van der Waals surface area contributed by atoms with Crippen LogP contribution in [0.5, 0.6) is 0 Å². The third-order valence-corrected chi connectivity index (χ3v) is 4.75. The highest BCUT2D eigenvalue weighted by Crippen LogP contribution is 2.26. The van der Waals surface area contributed by atoms with Crippen LogP contribution in [0.25, 0.3) is 11.4 Å². The summed E-state index contributed by atoms with van der Waals surface area (Å²) in [6, 6.07) is 9.46. The first-order valence-electron chi connectivity index (χ1n) is 8.91. The van der Waals surface area contributed by atoms with E-state index >= 15 is 0 Å². The Kier molecular flexibility index (Phi) is 4.84. The number of hydrogen-bond donors (Lipinski definition) is 1. The standard InChI is InChI=1S/C20H21N5O/c26-19-10-18(23-20(24-19)16-5-2-8-22-12-16)17-6-3-9-25(14-17)13-15-4-1-7-21-11-15/h1-2,4-5,7-8,10-12,17H,3,6,9,13-14H2,(H,23,24,26)/t17-/m1/s1. The predicted octanol–water partition coefficient (Wildman–Crippen LogP) is 2.61. The van der Waals surface area contributed by atoms with Gasteiger partial charge in [-0.1, -0.05) is 6.07 Å². The van der Waals surface area contributed by atoms with E-state index < -0.39 is 0 Å². The van der Waals surface area contributed by atoms with Crippen LogP contribution in [0.2, 0.25) is 0 Å². The van der Waals surface area contributed by atoms with E-state index in [2.05, 4.69) is 25.9 Å². The largest absolute Gasteiger partial charge is 0.306 e. The molecular weight excluding hydrogens is 326 g/mol. The average Bonchev–Trinajstić information content (AvgIpc) is 2.69. The van der Waals surface area contributed by atoms with E-state index in [1.807, 2.05) is 24.4 Å². The van der Waals surface area contributed by atoms with Gasteiger partial charge in [-0.3, -0.25) is 19.7 Å². The molecular formula is C20H21N5O. The zero-order valence-corrected chi connectivity index (χ0v) is 14.5. The van der Waals surface area contributed by atoms with Crippen LogP contribution in [0.1, 0.15) is 30.0 Å². The van der Waals surface area contributed by atoms with E-state index in [1.54, 1.807) is 24.7 Å². The van der Waals surface area contributed by atoms with Crippen molar-refractivity contribution < 1.29 is 0 Å². The Morgan fingerprint density at radius 3 is 2.77 bits per heavy atom. The van der Waals surface area contributed by atoms with Gasteiger partial charge in [0.25, 0.3) is 5.56 Å². The molecule has 3 aromatic heterocycles. The summed E-state index contributed by atoms with van der Waals surface area (Å²) >= 11 is 0. The first kappa shape index (κ1) is 16.6. The van der Waals surface area contributed by atoms with Crippen molar-refractivity contribution in [3.8, 4) is 11.4 Å². The number of aromatic nitrogens is 4. The molecule has 4 heterocycles. The molecule has 0 amide bonds. The van der Waals surface area contributed by atoms with E-state index in [9.17, 15) is 4.79 Å². The van der Waals surface area contributed by atoms with Crippen LogP contribution in [0.4, 0.5) is 0 Å². The number of nitrogens with one attached hydrogen (secondary N) is 1. The first-order valence-corrected chi connectivity index (χ1v) is 8.91. The van der Waals surface area contributed by atoms with Crippen LogP contribution in [0, 0.1) is 0 Å². The highest BCUT2D eigenvalue weighted by atomic mass is 16.1. The molecule has 0 aromatic carbocycles. The van der Waals surface area contributed by atoms with Crippen molar-refractivity contribution in [3.63, 3.8) is 0 Å². The van der Waals surface area contributed by atoms with Crippen LogP contribution in [-0.4, -0.2) is 37.9 Å². The minimum atomic E-state index is -0.113. The second-order valence-corrected chi connectivity index (χ2v) is 6.70. The van der Waals surface area contributed by atoms with Gasteiger partial charge in [0.05, 0.1) is 5.69 Å². The molecule has 1 fully saturated rings. The summed E-state index contributed by atoms with van der Waals surface area (Å²) in [4.78, 5) is 30.4. The maximum Gasteiger partial charge on any atom is 0.251 e. The molecule has 0 saturated carbocycles. The lowest BCUT2D eigenvalue weighted by Gasteiger charge is -2.32. The van der Waals surface area contributed by atoms with Crippen LogP contribution >= 0.6 is 0 Å². The zero-order chi connectivity index (χ0) is 17.8. The van der Waals surface area contributed by atoms with Gasteiger partial charge in [-0.15, -0.1) is 0 Å². The van der Waals surface area contributed by atoms with E-state index in [-0.39, 0.29) is 11.5 Å². The van der Waals surface area contributed by atoms with Gasteiger partial charge in [0.15, 0.2) is 0 Å². The number of aromatic amines is 1. The summed E-state index contributed by atoms with van der Waals surface area (Å²) in [5, 5.41) is 0. The Labute approximate surface area is 152 Å². The molecule has 132 valence electrons. The number of likely N-dealkylation sites (tertiary alicyclic amines) is 1. The molecule has 3 aromatic rings. The molecule has 6 nitrogen and oxygen atoms in total. The smallest absolute Gasteiger partial charge is 0.251 e. The molecule has 1 N–H and O–H groups in total. The number of hydrogen-bond acceptors (Lipinski definition) is 5. The Balaban J connectivity index is 1.55. The number of pyridine rings is 2. The van der Waals surface area contributed by atoms with Gasteiger partial charge < -0.3 is 4.98 Å². The van der Waals surface area contributed by atoms with Crippen molar-refractivity contribution in [2.45, 2.75) is 25.3 Å². The molecule has 4 rings (SSSR count). The van der Waals surface area contributed by atoms with Gasteiger partial charge in [0, 0.05) is 55.4 Å². The van der Waals surface area contributed by atoms with E-state index in [0.29, 0.717) is 5.82 Å². The lowest BCUT2D eigenvalue weighted by atomic mass is 9.94. The molecule has 0 radical (unpaired) electrons. The number of rotatable bonds is 4. The Morgan fingerprint density at radius 2 is 2.00 bits per heavy atom. The van der Waals surface area contributed by atoms with E-state index in [1.165, 1.54) is 5.56 Å². The zero-order valence-electron chi connectivity index (χ0n) is 14.5. The third-order valence-electron chi connectivity index (χ3n) is 4.75. The minimum Gasteiger partial charge on any atom is -0.306 e. The molecule has 0 unspecified atom stereocenters. The van der Waals surface area contributed by atoms with Gasteiger partial charge in [-0.25, -0.2) is 4.98 Å². The summed E-state index contributed by atoms with van der Waals surface area (Å²) in [7, 11) is 0. The molecule has 1 aliphatic rings. The van der Waals surface area contributed by atoms with E-state index in [0.717, 1.165) is 43.7 Å². The maximum atomic E-state index is 12.2. The molecule has 6 heteroatoms. The fraction of sp³-hybridized carbons (Fsp3) is 0.300. The van der Waals surface area contributed by atoms with Crippen LogP contribution in [0.15, 0.2) is 59.9 Å². The van der Waals surface area contributed by atoms with Gasteiger partial charge in [0.1, 0.15) is 5.82 Å². The highest BCUT2D eigenvalue weighted by molar-refractivity contribution is 5.52. The lowest BCUT2D eigenvalue weighted by Crippen LogP contribution is -2.34. The molecule has 1 saturated heterocycles. The summed E-state index contributed by atoms with van der Waals surface area (Å²) in [5.41, 5.74) is 2.79. The molecule has 26 heavy (non-hydrogen) atoms. The van der Waals surface area contributed by atoms with Gasteiger partial charge in [-0.05, 0) is 43.1 Å². The summed E-state index contributed by atoms with van der Waals surface area (Å²) in [6.45, 7) is 2.84. The Morgan fingerprint density at radius 1 is 1.15 bits per heavy atom. The second kappa shape index (κ2) is 7.58. The summed E-state index contributed by atoms with van der Waals surface area (Å²) < 4.78 is 0.